The maximum absolute atomic E-state index is 13.9. The number of benzene rings is 1. The lowest BCUT2D eigenvalue weighted by atomic mass is 10.1. The van der Waals surface area contributed by atoms with E-state index in [1.165, 1.54) is 11.6 Å². The van der Waals surface area contributed by atoms with Gasteiger partial charge in [0, 0.05) is 30.5 Å². The second-order valence-corrected chi connectivity index (χ2v) is 5.17. The first kappa shape index (κ1) is 15.3. The van der Waals surface area contributed by atoms with Crippen LogP contribution in [0.15, 0.2) is 36.7 Å². The number of aromatic nitrogens is 1. The summed E-state index contributed by atoms with van der Waals surface area (Å²) >= 11 is 0. The SMILES string of the molecule is CCCC(NC)c1ccn(Cc2ccc(C#N)cc2F)c1. The van der Waals surface area contributed by atoms with Crippen molar-refractivity contribution in [3.63, 3.8) is 0 Å². The van der Waals surface area contributed by atoms with Gasteiger partial charge in [0.1, 0.15) is 5.82 Å². The lowest BCUT2D eigenvalue weighted by Crippen LogP contribution is -2.15. The fraction of sp³-hybridized carbons (Fsp3) is 0.353. The van der Waals surface area contributed by atoms with Gasteiger partial charge in [-0.1, -0.05) is 19.4 Å². The zero-order valence-electron chi connectivity index (χ0n) is 12.4. The highest BCUT2D eigenvalue weighted by molar-refractivity contribution is 5.33. The normalized spacial score (nSPS) is 12.1. The first-order valence-corrected chi connectivity index (χ1v) is 7.19. The standard InChI is InChI=1S/C17H20FN3/c1-3-4-17(20-2)15-7-8-21(12-15)11-14-6-5-13(10-19)9-16(14)18/h5-9,12,17,20H,3-4,11H2,1-2H3. The molecule has 2 aromatic rings. The van der Waals surface area contributed by atoms with Crippen LogP contribution in [0, 0.1) is 17.1 Å². The van der Waals surface area contributed by atoms with Crippen LogP contribution in [-0.2, 0) is 6.54 Å². The Morgan fingerprint density at radius 3 is 2.81 bits per heavy atom. The van der Waals surface area contributed by atoms with Crippen LogP contribution in [0.5, 0.6) is 0 Å². The van der Waals surface area contributed by atoms with E-state index in [9.17, 15) is 4.39 Å². The molecule has 2 rings (SSSR count). The van der Waals surface area contributed by atoms with Crippen molar-refractivity contribution in [1.29, 1.82) is 5.26 Å². The number of hydrogen-bond acceptors (Lipinski definition) is 2. The number of rotatable bonds is 6. The monoisotopic (exact) mass is 285 g/mol. The van der Waals surface area contributed by atoms with E-state index in [4.69, 9.17) is 5.26 Å². The van der Waals surface area contributed by atoms with Gasteiger partial charge in [-0.3, -0.25) is 0 Å². The Hall–Kier alpha value is -2.12. The average Bonchev–Trinajstić information content (AvgIpc) is 2.95. The topological polar surface area (TPSA) is 40.8 Å². The van der Waals surface area contributed by atoms with E-state index >= 15 is 0 Å². The number of hydrogen-bond donors (Lipinski definition) is 1. The summed E-state index contributed by atoms with van der Waals surface area (Å²) in [5.74, 6) is -0.331. The van der Waals surface area contributed by atoms with Crippen molar-refractivity contribution in [3.8, 4) is 6.07 Å². The molecule has 21 heavy (non-hydrogen) atoms. The molecule has 1 heterocycles. The van der Waals surface area contributed by atoms with E-state index in [-0.39, 0.29) is 5.82 Å². The molecule has 0 aliphatic carbocycles. The Morgan fingerprint density at radius 1 is 1.38 bits per heavy atom. The highest BCUT2D eigenvalue weighted by atomic mass is 19.1. The molecule has 110 valence electrons. The van der Waals surface area contributed by atoms with Gasteiger partial charge in [0.2, 0.25) is 0 Å². The Bertz CT molecular complexity index is 640. The molecule has 0 aliphatic rings. The van der Waals surface area contributed by atoms with Gasteiger partial charge in [-0.05, 0) is 37.2 Å². The summed E-state index contributed by atoms with van der Waals surface area (Å²) in [4.78, 5) is 0. The van der Waals surface area contributed by atoms with E-state index in [0.717, 1.165) is 12.8 Å². The molecular weight excluding hydrogens is 265 g/mol. The van der Waals surface area contributed by atoms with Gasteiger partial charge < -0.3 is 9.88 Å². The molecule has 0 saturated carbocycles. The molecule has 0 spiro atoms. The fourth-order valence-corrected chi connectivity index (χ4v) is 2.47. The highest BCUT2D eigenvalue weighted by Gasteiger charge is 2.10. The van der Waals surface area contributed by atoms with Crippen LogP contribution in [0.25, 0.3) is 0 Å². The van der Waals surface area contributed by atoms with Gasteiger partial charge in [0.05, 0.1) is 11.6 Å². The Labute approximate surface area is 125 Å². The van der Waals surface area contributed by atoms with Crippen LogP contribution in [0.4, 0.5) is 4.39 Å². The summed E-state index contributed by atoms with van der Waals surface area (Å²) in [6.45, 7) is 2.63. The molecule has 1 aromatic carbocycles. The summed E-state index contributed by atoms with van der Waals surface area (Å²) < 4.78 is 15.9. The van der Waals surface area contributed by atoms with E-state index in [1.807, 2.05) is 23.9 Å². The van der Waals surface area contributed by atoms with Crippen molar-refractivity contribution >= 4 is 0 Å². The Kier molecular flexibility index (Phi) is 5.13. The average molecular weight is 285 g/mol. The summed E-state index contributed by atoms with van der Waals surface area (Å²) in [5, 5.41) is 12.1. The van der Waals surface area contributed by atoms with Crippen molar-refractivity contribution in [3.05, 3.63) is 59.2 Å². The van der Waals surface area contributed by atoms with Gasteiger partial charge in [-0.2, -0.15) is 5.26 Å². The minimum absolute atomic E-state index is 0.331. The summed E-state index contributed by atoms with van der Waals surface area (Å²) in [6, 6.07) is 8.96. The minimum atomic E-state index is -0.331. The van der Waals surface area contributed by atoms with Gasteiger partial charge in [0.15, 0.2) is 0 Å². The van der Waals surface area contributed by atoms with E-state index in [1.54, 1.807) is 12.1 Å². The van der Waals surface area contributed by atoms with E-state index in [2.05, 4.69) is 24.5 Å². The molecule has 0 fully saturated rings. The zero-order valence-corrected chi connectivity index (χ0v) is 12.4. The second-order valence-electron chi connectivity index (χ2n) is 5.17. The van der Waals surface area contributed by atoms with Gasteiger partial charge in [0.25, 0.3) is 0 Å². The predicted octanol–water partition coefficient (Wildman–Crippen LogP) is 3.61. The Morgan fingerprint density at radius 2 is 2.19 bits per heavy atom. The molecule has 0 radical (unpaired) electrons. The largest absolute Gasteiger partial charge is 0.349 e. The molecule has 1 N–H and O–H groups in total. The number of nitrogens with zero attached hydrogens (tertiary/aromatic N) is 2. The lowest BCUT2D eigenvalue weighted by molar-refractivity contribution is 0.540. The third kappa shape index (κ3) is 3.71. The zero-order chi connectivity index (χ0) is 15.2. The maximum Gasteiger partial charge on any atom is 0.129 e. The number of halogens is 1. The first-order chi connectivity index (χ1) is 10.2. The van der Waals surface area contributed by atoms with Gasteiger partial charge >= 0.3 is 0 Å². The predicted molar refractivity (Wildman–Crippen MR) is 81.4 cm³/mol. The van der Waals surface area contributed by atoms with Gasteiger partial charge in [-0.15, -0.1) is 0 Å². The first-order valence-electron chi connectivity index (χ1n) is 7.19. The Balaban J connectivity index is 2.14. The third-order valence-electron chi connectivity index (χ3n) is 3.64. The summed E-state index contributed by atoms with van der Waals surface area (Å²) in [5.41, 5.74) is 2.16. The number of nitriles is 1. The maximum atomic E-state index is 13.9. The molecule has 0 bridgehead atoms. The van der Waals surface area contributed by atoms with Crippen LogP contribution in [0.2, 0.25) is 0 Å². The molecule has 0 saturated heterocycles. The van der Waals surface area contributed by atoms with Crippen molar-refractivity contribution < 1.29 is 4.39 Å². The van der Waals surface area contributed by atoms with E-state index in [0.29, 0.717) is 23.7 Å². The molecule has 0 aliphatic heterocycles. The molecule has 1 unspecified atom stereocenters. The molecular formula is C17H20FN3. The van der Waals surface area contributed by atoms with E-state index < -0.39 is 0 Å². The minimum Gasteiger partial charge on any atom is -0.349 e. The summed E-state index contributed by atoms with van der Waals surface area (Å²) in [6.07, 6.45) is 6.20. The number of nitrogens with one attached hydrogen (secondary N) is 1. The van der Waals surface area contributed by atoms with Crippen LogP contribution < -0.4 is 5.32 Å². The van der Waals surface area contributed by atoms with Crippen LogP contribution in [-0.4, -0.2) is 11.6 Å². The second kappa shape index (κ2) is 7.05. The van der Waals surface area contributed by atoms with Gasteiger partial charge in [-0.25, -0.2) is 4.39 Å². The highest BCUT2D eigenvalue weighted by Crippen LogP contribution is 2.19. The molecule has 3 nitrogen and oxygen atoms in total. The van der Waals surface area contributed by atoms with Crippen LogP contribution in [0.3, 0.4) is 0 Å². The quantitative estimate of drug-likeness (QED) is 0.881. The smallest absolute Gasteiger partial charge is 0.129 e. The molecule has 1 aromatic heterocycles. The van der Waals surface area contributed by atoms with Crippen molar-refractivity contribution in [1.82, 2.24) is 9.88 Å². The van der Waals surface area contributed by atoms with Crippen molar-refractivity contribution in [2.45, 2.75) is 32.4 Å². The third-order valence-corrected chi connectivity index (χ3v) is 3.64. The van der Waals surface area contributed by atoms with Crippen molar-refractivity contribution in [2.75, 3.05) is 7.05 Å². The molecule has 0 amide bonds. The molecule has 1 atom stereocenters. The van der Waals surface area contributed by atoms with Crippen LogP contribution >= 0.6 is 0 Å². The lowest BCUT2D eigenvalue weighted by Gasteiger charge is -2.13. The van der Waals surface area contributed by atoms with Crippen LogP contribution in [0.1, 0.15) is 42.5 Å². The fourth-order valence-electron chi connectivity index (χ4n) is 2.47. The van der Waals surface area contributed by atoms with Crippen molar-refractivity contribution in [2.24, 2.45) is 0 Å². The summed E-state index contributed by atoms with van der Waals surface area (Å²) in [7, 11) is 1.96. The molecule has 4 heteroatoms.